The lowest BCUT2D eigenvalue weighted by molar-refractivity contribution is 0.226. The minimum Gasteiger partial charge on any atom is -0.335 e. The van der Waals surface area contributed by atoms with Crippen LogP contribution in [0.1, 0.15) is 39.0 Å². The lowest BCUT2D eigenvalue weighted by Crippen LogP contribution is -2.47. The van der Waals surface area contributed by atoms with Crippen molar-refractivity contribution in [1.82, 2.24) is 10.6 Å². The van der Waals surface area contributed by atoms with Crippen molar-refractivity contribution >= 4 is 15.9 Å². The van der Waals surface area contributed by atoms with Crippen molar-refractivity contribution in [2.75, 3.05) is 11.5 Å². The molecule has 1 saturated carbocycles. The van der Waals surface area contributed by atoms with Crippen LogP contribution < -0.4 is 10.6 Å². The molecule has 0 unspecified atom stereocenters. The molecule has 104 valence electrons. The molecule has 1 saturated heterocycles. The van der Waals surface area contributed by atoms with Gasteiger partial charge in [0.15, 0.2) is 9.84 Å². The Bertz CT molecular complexity index is 400. The molecule has 2 fully saturated rings. The van der Waals surface area contributed by atoms with Gasteiger partial charge in [-0.25, -0.2) is 13.2 Å². The van der Waals surface area contributed by atoms with E-state index in [0.717, 1.165) is 31.6 Å². The summed E-state index contributed by atoms with van der Waals surface area (Å²) < 4.78 is 22.6. The number of carbonyl (C=O) groups is 1. The predicted molar refractivity (Wildman–Crippen MR) is 70.1 cm³/mol. The molecule has 0 radical (unpaired) electrons. The van der Waals surface area contributed by atoms with Crippen LogP contribution in [0.3, 0.4) is 0 Å². The van der Waals surface area contributed by atoms with Gasteiger partial charge in [-0.3, -0.25) is 0 Å². The SMILES string of the molecule is CC1CCC(NC(=O)N[C@@H]2CCS(=O)(=O)C2)CC1. The fourth-order valence-corrected chi connectivity index (χ4v) is 4.40. The topological polar surface area (TPSA) is 75.3 Å². The average molecular weight is 274 g/mol. The van der Waals surface area contributed by atoms with Crippen molar-refractivity contribution in [3.63, 3.8) is 0 Å². The fourth-order valence-electron chi connectivity index (χ4n) is 2.73. The first-order valence-electron chi connectivity index (χ1n) is 6.72. The van der Waals surface area contributed by atoms with E-state index < -0.39 is 9.84 Å². The van der Waals surface area contributed by atoms with Crippen LogP contribution in [0.25, 0.3) is 0 Å². The van der Waals surface area contributed by atoms with Gasteiger partial charge >= 0.3 is 6.03 Å². The normalized spacial score (nSPS) is 35.1. The van der Waals surface area contributed by atoms with Crippen LogP contribution in [-0.4, -0.2) is 38.0 Å². The minimum absolute atomic E-state index is 0.0854. The van der Waals surface area contributed by atoms with E-state index in [4.69, 9.17) is 0 Å². The van der Waals surface area contributed by atoms with E-state index in [0.29, 0.717) is 6.42 Å². The third-order valence-electron chi connectivity index (χ3n) is 3.92. The highest BCUT2D eigenvalue weighted by molar-refractivity contribution is 7.91. The number of carbonyl (C=O) groups excluding carboxylic acids is 1. The number of amides is 2. The number of rotatable bonds is 2. The Morgan fingerprint density at radius 1 is 1.00 bits per heavy atom. The summed E-state index contributed by atoms with van der Waals surface area (Å²) in [7, 11) is -2.92. The Kier molecular flexibility index (Phi) is 4.14. The molecule has 1 heterocycles. The largest absolute Gasteiger partial charge is 0.335 e. The first-order chi connectivity index (χ1) is 8.44. The van der Waals surface area contributed by atoms with Gasteiger partial charge < -0.3 is 10.6 Å². The van der Waals surface area contributed by atoms with Gasteiger partial charge in [0.05, 0.1) is 11.5 Å². The molecule has 0 bridgehead atoms. The molecule has 0 aromatic heterocycles. The molecule has 1 atom stereocenters. The maximum atomic E-state index is 11.7. The average Bonchev–Trinajstić information content (AvgIpc) is 2.61. The van der Waals surface area contributed by atoms with Crippen molar-refractivity contribution in [2.45, 2.75) is 51.1 Å². The second-order valence-electron chi connectivity index (χ2n) is 5.67. The van der Waals surface area contributed by atoms with E-state index in [1.54, 1.807) is 0 Å². The zero-order chi connectivity index (χ0) is 13.2. The molecular formula is C12H22N2O3S. The highest BCUT2D eigenvalue weighted by Gasteiger charge is 2.29. The smallest absolute Gasteiger partial charge is 0.315 e. The molecular weight excluding hydrogens is 252 g/mol. The second kappa shape index (κ2) is 5.47. The van der Waals surface area contributed by atoms with Gasteiger partial charge in [-0.1, -0.05) is 6.92 Å². The zero-order valence-corrected chi connectivity index (χ0v) is 11.6. The van der Waals surface area contributed by atoms with Crippen LogP contribution in [0.5, 0.6) is 0 Å². The Labute approximate surface area is 109 Å². The molecule has 2 N–H and O–H groups in total. The van der Waals surface area contributed by atoms with Crippen LogP contribution in [0.4, 0.5) is 4.79 Å². The first kappa shape index (κ1) is 13.6. The number of hydrogen-bond donors (Lipinski definition) is 2. The Morgan fingerprint density at radius 2 is 1.61 bits per heavy atom. The van der Waals surface area contributed by atoms with Gasteiger partial charge in [0.2, 0.25) is 0 Å². The lowest BCUT2D eigenvalue weighted by Gasteiger charge is -2.27. The van der Waals surface area contributed by atoms with Gasteiger partial charge in [-0.15, -0.1) is 0 Å². The van der Waals surface area contributed by atoms with Crippen molar-refractivity contribution in [2.24, 2.45) is 5.92 Å². The Morgan fingerprint density at radius 3 is 2.17 bits per heavy atom. The van der Waals surface area contributed by atoms with Gasteiger partial charge in [-0.2, -0.15) is 0 Å². The highest BCUT2D eigenvalue weighted by atomic mass is 32.2. The molecule has 6 heteroatoms. The van der Waals surface area contributed by atoms with Gasteiger partial charge in [0.1, 0.15) is 0 Å². The number of sulfone groups is 1. The number of hydrogen-bond acceptors (Lipinski definition) is 3. The number of urea groups is 1. The van der Waals surface area contributed by atoms with E-state index in [2.05, 4.69) is 17.6 Å². The summed E-state index contributed by atoms with van der Waals surface area (Å²) in [5, 5.41) is 5.71. The molecule has 0 spiro atoms. The van der Waals surface area contributed by atoms with E-state index >= 15 is 0 Å². The second-order valence-corrected chi connectivity index (χ2v) is 7.90. The van der Waals surface area contributed by atoms with Crippen LogP contribution >= 0.6 is 0 Å². The molecule has 2 rings (SSSR count). The van der Waals surface area contributed by atoms with Gasteiger partial charge in [0.25, 0.3) is 0 Å². The summed E-state index contributed by atoms with van der Waals surface area (Å²) in [6.07, 6.45) is 4.90. The quantitative estimate of drug-likeness (QED) is 0.790. The summed E-state index contributed by atoms with van der Waals surface area (Å²) in [4.78, 5) is 11.7. The highest BCUT2D eigenvalue weighted by Crippen LogP contribution is 2.23. The molecule has 2 amide bonds. The Hall–Kier alpha value is -0.780. The summed E-state index contributed by atoms with van der Waals surface area (Å²) in [5.74, 6) is 1.03. The van der Waals surface area contributed by atoms with Crippen molar-refractivity contribution in [1.29, 1.82) is 0 Å². The standard InChI is InChI=1S/C12H22N2O3S/c1-9-2-4-10(5-3-9)13-12(15)14-11-6-7-18(16,17)8-11/h9-11H,2-8H2,1H3,(H2,13,14,15)/t9?,10?,11-/m1/s1. The maximum Gasteiger partial charge on any atom is 0.315 e. The van der Waals surface area contributed by atoms with Crippen LogP contribution in [0.15, 0.2) is 0 Å². The molecule has 0 aromatic rings. The fraction of sp³-hybridized carbons (Fsp3) is 0.917. The van der Waals surface area contributed by atoms with Gasteiger partial charge in [0, 0.05) is 12.1 Å². The summed E-state index contributed by atoms with van der Waals surface area (Å²) in [6, 6.07) is -0.173. The third-order valence-corrected chi connectivity index (χ3v) is 5.69. The zero-order valence-electron chi connectivity index (χ0n) is 10.8. The molecule has 0 aromatic carbocycles. The van der Waals surface area contributed by atoms with Crippen molar-refractivity contribution in [3.8, 4) is 0 Å². The van der Waals surface area contributed by atoms with Crippen LogP contribution in [0.2, 0.25) is 0 Å². The Balaban J connectivity index is 1.73. The molecule has 5 nitrogen and oxygen atoms in total. The third kappa shape index (κ3) is 3.86. The lowest BCUT2D eigenvalue weighted by atomic mass is 9.87. The first-order valence-corrected chi connectivity index (χ1v) is 8.54. The van der Waals surface area contributed by atoms with E-state index in [1.807, 2.05) is 0 Å². The maximum absolute atomic E-state index is 11.7. The van der Waals surface area contributed by atoms with Crippen LogP contribution in [-0.2, 0) is 9.84 Å². The summed E-state index contributed by atoms with van der Waals surface area (Å²) in [5.41, 5.74) is 0. The summed E-state index contributed by atoms with van der Waals surface area (Å²) >= 11 is 0. The summed E-state index contributed by atoms with van der Waals surface area (Å²) in [6.45, 7) is 2.24. The molecule has 1 aliphatic heterocycles. The van der Waals surface area contributed by atoms with E-state index in [-0.39, 0.29) is 29.6 Å². The van der Waals surface area contributed by atoms with Gasteiger partial charge in [-0.05, 0) is 38.0 Å². The van der Waals surface area contributed by atoms with Crippen molar-refractivity contribution in [3.05, 3.63) is 0 Å². The molecule has 18 heavy (non-hydrogen) atoms. The molecule has 1 aliphatic carbocycles. The van der Waals surface area contributed by atoms with E-state index in [9.17, 15) is 13.2 Å². The number of nitrogens with one attached hydrogen (secondary N) is 2. The monoisotopic (exact) mass is 274 g/mol. The predicted octanol–water partition coefficient (Wildman–Crippen LogP) is 1.05. The molecule has 2 aliphatic rings. The van der Waals surface area contributed by atoms with E-state index in [1.165, 1.54) is 0 Å². The van der Waals surface area contributed by atoms with Crippen LogP contribution in [0, 0.1) is 5.92 Å². The minimum atomic E-state index is -2.92. The van der Waals surface area contributed by atoms with Crippen molar-refractivity contribution < 1.29 is 13.2 Å².